The number of hydrogen-bond donors (Lipinski definition) is 1. The minimum atomic E-state index is -0.698. The molecule has 25 heavy (non-hydrogen) atoms. The van der Waals surface area contributed by atoms with E-state index < -0.39 is 24.2 Å². The van der Waals surface area contributed by atoms with Gasteiger partial charge in [0.25, 0.3) is 5.91 Å². The second-order valence-corrected chi connectivity index (χ2v) is 4.98. The highest BCUT2D eigenvalue weighted by atomic mass is 19.1. The largest absolute Gasteiger partial charge is 0.461 e. The lowest BCUT2D eigenvalue weighted by atomic mass is 10.2. The van der Waals surface area contributed by atoms with Crippen molar-refractivity contribution in [3.8, 4) is 11.5 Å². The van der Waals surface area contributed by atoms with Crippen LogP contribution in [0.15, 0.2) is 57.7 Å². The zero-order chi connectivity index (χ0) is 17.6. The van der Waals surface area contributed by atoms with Crippen LogP contribution in [0.1, 0.15) is 16.1 Å². The Labute approximate surface area is 141 Å². The van der Waals surface area contributed by atoms with Gasteiger partial charge in [0.05, 0.1) is 11.8 Å². The van der Waals surface area contributed by atoms with Gasteiger partial charge in [-0.3, -0.25) is 9.59 Å². The zero-order valence-electron chi connectivity index (χ0n) is 12.9. The van der Waals surface area contributed by atoms with Gasteiger partial charge in [0.2, 0.25) is 5.76 Å². The van der Waals surface area contributed by atoms with Crippen LogP contribution in [0.25, 0.3) is 11.5 Å². The predicted octanol–water partition coefficient (Wildman–Crippen LogP) is 2.55. The fourth-order valence-electron chi connectivity index (χ4n) is 2.01. The second kappa shape index (κ2) is 7.43. The van der Waals surface area contributed by atoms with Crippen LogP contribution in [0.4, 0.5) is 4.39 Å². The Bertz CT molecular complexity index is 873. The van der Waals surface area contributed by atoms with Gasteiger partial charge < -0.3 is 19.0 Å². The van der Waals surface area contributed by atoms with Crippen LogP contribution < -0.4 is 5.32 Å². The third kappa shape index (κ3) is 4.11. The predicted molar refractivity (Wildman–Crippen MR) is 82.7 cm³/mol. The highest BCUT2D eigenvalue weighted by molar-refractivity contribution is 5.96. The summed E-state index contributed by atoms with van der Waals surface area (Å²) in [6.45, 7) is -0.519. The topological polar surface area (TPSA) is 94.6 Å². The summed E-state index contributed by atoms with van der Waals surface area (Å²) in [5, 5.41) is 6.04. The van der Waals surface area contributed by atoms with Crippen molar-refractivity contribution in [2.24, 2.45) is 0 Å². The number of rotatable bonds is 6. The van der Waals surface area contributed by atoms with Crippen molar-refractivity contribution in [2.45, 2.75) is 6.61 Å². The summed E-state index contributed by atoms with van der Waals surface area (Å²) in [4.78, 5) is 23.4. The molecule has 0 fully saturated rings. The Morgan fingerprint density at radius 2 is 2.00 bits per heavy atom. The van der Waals surface area contributed by atoms with E-state index >= 15 is 0 Å². The van der Waals surface area contributed by atoms with Crippen LogP contribution in [-0.2, 0) is 16.1 Å². The first kappa shape index (κ1) is 16.4. The van der Waals surface area contributed by atoms with Gasteiger partial charge in [-0.05, 0) is 24.3 Å². The molecule has 1 N–H and O–H groups in total. The molecule has 1 aromatic carbocycles. The third-order valence-electron chi connectivity index (χ3n) is 3.22. The zero-order valence-corrected chi connectivity index (χ0v) is 12.9. The van der Waals surface area contributed by atoms with Gasteiger partial charge in [-0.1, -0.05) is 17.3 Å². The summed E-state index contributed by atoms with van der Waals surface area (Å²) in [6, 6.07) is 10.5. The van der Waals surface area contributed by atoms with Crippen LogP contribution >= 0.6 is 0 Å². The Morgan fingerprint density at radius 1 is 1.16 bits per heavy atom. The summed E-state index contributed by atoms with van der Waals surface area (Å²) in [5.74, 6) is -1.14. The van der Waals surface area contributed by atoms with Crippen LogP contribution in [0.5, 0.6) is 0 Å². The van der Waals surface area contributed by atoms with Crippen molar-refractivity contribution in [1.29, 1.82) is 0 Å². The third-order valence-corrected chi connectivity index (χ3v) is 3.22. The van der Waals surface area contributed by atoms with E-state index in [2.05, 4.69) is 10.5 Å². The first-order valence-corrected chi connectivity index (χ1v) is 7.31. The van der Waals surface area contributed by atoms with E-state index in [-0.39, 0.29) is 12.2 Å². The number of esters is 1. The smallest absolute Gasteiger partial charge is 0.325 e. The van der Waals surface area contributed by atoms with Gasteiger partial charge in [0, 0.05) is 6.07 Å². The molecule has 0 atom stereocenters. The summed E-state index contributed by atoms with van der Waals surface area (Å²) in [7, 11) is 0. The minimum Gasteiger partial charge on any atom is -0.461 e. The molecule has 0 aliphatic heterocycles. The molecule has 0 bridgehead atoms. The normalized spacial score (nSPS) is 10.4. The number of carbonyl (C=O) groups is 2. The van der Waals surface area contributed by atoms with E-state index in [0.29, 0.717) is 17.2 Å². The van der Waals surface area contributed by atoms with Crippen molar-refractivity contribution < 1.29 is 27.7 Å². The van der Waals surface area contributed by atoms with Crippen molar-refractivity contribution in [3.05, 3.63) is 65.8 Å². The van der Waals surface area contributed by atoms with Gasteiger partial charge in [0.1, 0.15) is 24.7 Å². The Hall–Kier alpha value is -3.42. The highest BCUT2D eigenvalue weighted by Crippen LogP contribution is 2.20. The van der Waals surface area contributed by atoms with Crippen LogP contribution in [0, 0.1) is 5.82 Å². The quantitative estimate of drug-likeness (QED) is 0.691. The van der Waals surface area contributed by atoms with E-state index in [0.717, 1.165) is 6.07 Å². The number of amides is 1. The molecule has 128 valence electrons. The molecule has 0 radical (unpaired) electrons. The summed E-state index contributed by atoms with van der Waals surface area (Å²) < 4.78 is 28.6. The van der Waals surface area contributed by atoms with Gasteiger partial charge in [-0.25, -0.2) is 4.39 Å². The van der Waals surface area contributed by atoms with E-state index in [1.807, 2.05) is 0 Å². The molecular formula is C17H13FN2O5. The molecule has 2 heterocycles. The maximum atomic E-state index is 13.4. The maximum Gasteiger partial charge on any atom is 0.325 e. The van der Waals surface area contributed by atoms with E-state index in [1.165, 1.54) is 24.5 Å². The molecular weight excluding hydrogens is 331 g/mol. The molecule has 0 aliphatic carbocycles. The van der Waals surface area contributed by atoms with Crippen LogP contribution in [0.2, 0.25) is 0 Å². The number of halogens is 1. The van der Waals surface area contributed by atoms with Crippen molar-refractivity contribution in [1.82, 2.24) is 10.5 Å². The Balaban J connectivity index is 1.47. The Kier molecular flexibility index (Phi) is 4.89. The molecule has 1 amide bonds. The maximum absolute atomic E-state index is 13.4. The van der Waals surface area contributed by atoms with E-state index in [9.17, 15) is 14.0 Å². The van der Waals surface area contributed by atoms with Crippen LogP contribution in [-0.4, -0.2) is 23.6 Å². The fourth-order valence-corrected chi connectivity index (χ4v) is 2.01. The average molecular weight is 344 g/mol. The first-order chi connectivity index (χ1) is 12.1. The van der Waals surface area contributed by atoms with Gasteiger partial charge in [0.15, 0.2) is 5.76 Å². The number of nitrogens with one attached hydrogen (secondary N) is 1. The van der Waals surface area contributed by atoms with E-state index in [4.69, 9.17) is 13.7 Å². The molecule has 0 spiro atoms. The Morgan fingerprint density at radius 3 is 2.76 bits per heavy atom. The van der Waals surface area contributed by atoms with Gasteiger partial charge >= 0.3 is 5.97 Å². The number of furan rings is 1. The molecule has 0 saturated carbocycles. The lowest BCUT2D eigenvalue weighted by Crippen LogP contribution is -2.31. The molecule has 7 nitrogen and oxygen atoms in total. The van der Waals surface area contributed by atoms with E-state index in [1.54, 1.807) is 18.2 Å². The SMILES string of the molecule is O=C(CNC(=O)c1ccccc1F)OCc1cc(-c2ccco2)on1. The minimum absolute atomic E-state index is 0.126. The average Bonchev–Trinajstić information content (AvgIpc) is 3.29. The molecule has 3 rings (SSSR count). The molecule has 0 aliphatic rings. The highest BCUT2D eigenvalue weighted by Gasteiger charge is 2.14. The van der Waals surface area contributed by atoms with Crippen molar-refractivity contribution >= 4 is 11.9 Å². The van der Waals surface area contributed by atoms with Crippen LogP contribution in [0.3, 0.4) is 0 Å². The summed E-state index contributed by atoms with van der Waals surface area (Å²) in [5.41, 5.74) is 0.245. The lowest BCUT2D eigenvalue weighted by molar-refractivity contribution is -0.143. The number of hydrogen-bond acceptors (Lipinski definition) is 6. The molecule has 2 aromatic heterocycles. The number of aromatic nitrogens is 1. The number of nitrogens with zero attached hydrogens (tertiary/aromatic N) is 1. The molecule has 8 heteroatoms. The van der Waals surface area contributed by atoms with Gasteiger partial charge in [-0.2, -0.15) is 0 Å². The number of ether oxygens (including phenoxy) is 1. The molecule has 0 unspecified atom stereocenters. The summed E-state index contributed by atoms with van der Waals surface area (Å²) >= 11 is 0. The van der Waals surface area contributed by atoms with Gasteiger partial charge in [-0.15, -0.1) is 0 Å². The summed E-state index contributed by atoms with van der Waals surface area (Å²) in [6.07, 6.45) is 1.50. The molecule has 3 aromatic rings. The second-order valence-electron chi connectivity index (χ2n) is 4.98. The first-order valence-electron chi connectivity index (χ1n) is 7.31. The lowest BCUT2D eigenvalue weighted by Gasteiger charge is -2.06. The molecule has 0 saturated heterocycles. The van der Waals surface area contributed by atoms with Crippen molar-refractivity contribution in [3.63, 3.8) is 0 Å². The fraction of sp³-hybridized carbons (Fsp3) is 0.118. The number of carbonyl (C=O) groups excluding carboxylic acids is 2. The monoisotopic (exact) mass is 344 g/mol. The standard InChI is InChI=1S/C17H13FN2O5/c18-13-5-2-1-4-12(13)17(22)19-9-16(21)24-10-11-8-15(25-20-11)14-6-3-7-23-14/h1-8H,9-10H2,(H,19,22). The van der Waals surface area contributed by atoms with Crippen molar-refractivity contribution in [2.75, 3.05) is 6.54 Å². The number of benzene rings is 1.